The molecule has 3 nitrogen and oxygen atoms in total. The van der Waals surface area contributed by atoms with E-state index in [1.165, 1.54) is 0 Å². The van der Waals surface area contributed by atoms with Crippen LogP contribution in [-0.2, 0) is 11.3 Å². The molecule has 5 heteroatoms. The molecule has 0 aromatic carbocycles. The van der Waals surface area contributed by atoms with Gasteiger partial charge >= 0.3 is 0 Å². The van der Waals surface area contributed by atoms with Crippen molar-refractivity contribution in [2.24, 2.45) is 0 Å². The van der Waals surface area contributed by atoms with Gasteiger partial charge in [0.2, 0.25) is 0 Å². The summed E-state index contributed by atoms with van der Waals surface area (Å²) in [5, 5.41) is 0.966. The second kappa shape index (κ2) is 8.17. The molecule has 0 aliphatic heterocycles. The number of methoxy groups -OCH3 is 1. The molecule has 0 aliphatic rings. The molecule has 90 valence electrons. The van der Waals surface area contributed by atoms with Crippen LogP contribution >= 0.6 is 31.9 Å². The van der Waals surface area contributed by atoms with Crippen LogP contribution in [0.5, 0.6) is 0 Å². The van der Waals surface area contributed by atoms with Crippen LogP contribution in [0.15, 0.2) is 22.8 Å². The fourth-order valence-corrected chi connectivity index (χ4v) is 2.07. The molecule has 0 spiro atoms. The zero-order valence-electron chi connectivity index (χ0n) is 9.33. The highest BCUT2D eigenvalue weighted by molar-refractivity contribution is 9.10. The SMILES string of the molecule is COCCN(CCBr)Cc1ccc(Br)cn1. The van der Waals surface area contributed by atoms with Gasteiger partial charge in [0.05, 0.1) is 12.3 Å². The van der Waals surface area contributed by atoms with Crippen molar-refractivity contribution < 1.29 is 4.74 Å². The van der Waals surface area contributed by atoms with E-state index in [2.05, 4.69) is 41.7 Å². The second-order valence-corrected chi connectivity index (χ2v) is 5.13. The lowest BCUT2D eigenvalue weighted by Gasteiger charge is -2.20. The molecule has 1 heterocycles. The molecule has 0 bridgehead atoms. The van der Waals surface area contributed by atoms with E-state index in [9.17, 15) is 0 Å². The van der Waals surface area contributed by atoms with Crippen LogP contribution in [-0.4, -0.2) is 42.0 Å². The summed E-state index contributed by atoms with van der Waals surface area (Å²) < 4.78 is 6.10. The van der Waals surface area contributed by atoms with Crippen LogP contribution < -0.4 is 0 Å². The average molecular weight is 352 g/mol. The first kappa shape index (κ1) is 14.1. The summed E-state index contributed by atoms with van der Waals surface area (Å²) in [5.41, 5.74) is 1.08. The van der Waals surface area contributed by atoms with E-state index < -0.39 is 0 Å². The number of hydrogen-bond donors (Lipinski definition) is 0. The van der Waals surface area contributed by atoms with Gasteiger partial charge in [-0.05, 0) is 28.1 Å². The Hall–Kier alpha value is 0.0300. The highest BCUT2D eigenvalue weighted by Gasteiger charge is 2.05. The normalized spacial score (nSPS) is 11.0. The Morgan fingerprint density at radius 1 is 1.38 bits per heavy atom. The lowest BCUT2D eigenvalue weighted by atomic mass is 10.3. The van der Waals surface area contributed by atoms with Gasteiger partial charge in [-0.1, -0.05) is 15.9 Å². The summed E-state index contributed by atoms with van der Waals surface area (Å²) in [5.74, 6) is 0. The van der Waals surface area contributed by atoms with Crippen molar-refractivity contribution in [2.75, 3.05) is 32.1 Å². The highest BCUT2D eigenvalue weighted by atomic mass is 79.9. The van der Waals surface area contributed by atoms with Crippen LogP contribution in [0.4, 0.5) is 0 Å². The molecule has 0 saturated carbocycles. The monoisotopic (exact) mass is 350 g/mol. The average Bonchev–Trinajstić information content (AvgIpc) is 2.29. The number of aromatic nitrogens is 1. The van der Waals surface area contributed by atoms with E-state index in [-0.39, 0.29) is 0 Å². The Labute approximate surface area is 113 Å². The second-order valence-electron chi connectivity index (χ2n) is 3.43. The summed E-state index contributed by atoms with van der Waals surface area (Å²) in [6.45, 7) is 3.55. The minimum atomic E-state index is 0.754. The van der Waals surface area contributed by atoms with Crippen LogP contribution in [0.1, 0.15) is 5.69 Å². The van der Waals surface area contributed by atoms with Crippen LogP contribution in [0.25, 0.3) is 0 Å². The predicted octanol–water partition coefficient (Wildman–Crippen LogP) is 2.69. The smallest absolute Gasteiger partial charge is 0.0589 e. The third kappa shape index (κ3) is 5.39. The predicted molar refractivity (Wildman–Crippen MR) is 72.9 cm³/mol. The van der Waals surface area contributed by atoms with E-state index in [1.54, 1.807) is 7.11 Å². The van der Waals surface area contributed by atoms with Crippen LogP contribution in [0.2, 0.25) is 0 Å². The minimum Gasteiger partial charge on any atom is -0.383 e. The zero-order chi connectivity index (χ0) is 11.8. The molecule has 0 fully saturated rings. The van der Waals surface area contributed by atoms with Gasteiger partial charge in [-0.3, -0.25) is 9.88 Å². The molecule has 0 atom stereocenters. The van der Waals surface area contributed by atoms with Gasteiger partial charge in [0, 0.05) is 42.7 Å². The Morgan fingerprint density at radius 2 is 2.19 bits per heavy atom. The maximum Gasteiger partial charge on any atom is 0.0589 e. The van der Waals surface area contributed by atoms with Crippen molar-refractivity contribution >= 4 is 31.9 Å². The number of hydrogen-bond acceptors (Lipinski definition) is 3. The Bertz CT molecular complexity index is 293. The summed E-state index contributed by atoms with van der Waals surface area (Å²) in [6, 6.07) is 4.06. The quantitative estimate of drug-likeness (QED) is 0.706. The van der Waals surface area contributed by atoms with Crippen molar-refractivity contribution in [3.8, 4) is 0 Å². The number of halogens is 2. The number of nitrogens with zero attached hydrogens (tertiary/aromatic N) is 2. The molecule has 0 saturated heterocycles. The first-order valence-electron chi connectivity index (χ1n) is 5.14. The molecular weight excluding hydrogens is 336 g/mol. The van der Waals surface area contributed by atoms with Crippen molar-refractivity contribution in [3.63, 3.8) is 0 Å². The number of pyridine rings is 1. The van der Waals surface area contributed by atoms with Crippen molar-refractivity contribution in [3.05, 3.63) is 28.5 Å². The minimum absolute atomic E-state index is 0.754. The maximum absolute atomic E-state index is 5.09. The largest absolute Gasteiger partial charge is 0.383 e. The molecule has 16 heavy (non-hydrogen) atoms. The standard InChI is InChI=1S/C11H16Br2N2O/c1-16-7-6-15(5-4-12)9-11-3-2-10(13)8-14-11/h2-3,8H,4-7,9H2,1H3. The molecule has 0 unspecified atom stereocenters. The van der Waals surface area contributed by atoms with Crippen LogP contribution in [0, 0.1) is 0 Å². The first-order valence-corrected chi connectivity index (χ1v) is 7.05. The van der Waals surface area contributed by atoms with Gasteiger partial charge < -0.3 is 4.74 Å². The Kier molecular flexibility index (Phi) is 7.20. The third-order valence-corrected chi connectivity index (χ3v) is 3.01. The molecule has 0 N–H and O–H groups in total. The lowest BCUT2D eigenvalue weighted by Crippen LogP contribution is -2.29. The number of ether oxygens (including phenoxy) is 1. The van der Waals surface area contributed by atoms with Gasteiger partial charge in [-0.25, -0.2) is 0 Å². The van der Waals surface area contributed by atoms with E-state index >= 15 is 0 Å². The molecule has 0 aliphatic carbocycles. The summed E-state index contributed by atoms with van der Waals surface area (Å²) in [6.07, 6.45) is 1.83. The van der Waals surface area contributed by atoms with Crippen molar-refractivity contribution in [1.82, 2.24) is 9.88 Å². The Balaban J connectivity index is 2.49. The molecular formula is C11H16Br2N2O. The fourth-order valence-electron chi connectivity index (χ4n) is 1.34. The summed E-state index contributed by atoms with van der Waals surface area (Å²) in [7, 11) is 1.73. The number of rotatable bonds is 7. The van der Waals surface area contributed by atoms with Gasteiger partial charge in [0.25, 0.3) is 0 Å². The van der Waals surface area contributed by atoms with E-state index in [0.717, 1.165) is 41.7 Å². The van der Waals surface area contributed by atoms with Gasteiger partial charge in [0.15, 0.2) is 0 Å². The zero-order valence-corrected chi connectivity index (χ0v) is 12.5. The van der Waals surface area contributed by atoms with Crippen molar-refractivity contribution in [1.29, 1.82) is 0 Å². The van der Waals surface area contributed by atoms with E-state index in [4.69, 9.17) is 4.74 Å². The molecule has 1 rings (SSSR count). The molecule has 0 amide bonds. The molecule has 1 aromatic heterocycles. The molecule has 0 radical (unpaired) electrons. The van der Waals surface area contributed by atoms with Crippen LogP contribution in [0.3, 0.4) is 0 Å². The maximum atomic E-state index is 5.09. The van der Waals surface area contributed by atoms with E-state index in [1.807, 2.05) is 18.3 Å². The van der Waals surface area contributed by atoms with Crippen molar-refractivity contribution in [2.45, 2.75) is 6.54 Å². The van der Waals surface area contributed by atoms with Gasteiger partial charge in [0.1, 0.15) is 0 Å². The summed E-state index contributed by atoms with van der Waals surface area (Å²) in [4.78, 5) is 6.68. The third-order valence-electron chi connectivity index (χ3n) is 2.19. The van der Waals surface area contributed by atoms with E-state index in [0.29, 0.717) is 0 Å². The molecule has 1 aromatic rings. The Morgan fingerprint density at radius 3 is 2.75 bits per heavy atom. The van der Waals surface area contributed by atoms with Gasteiger partial charge in [-0.2, -0.15) is 0 Å². The fraction of sp³-hybridized carbons (Fsp3) is 0.545. The first-order chi connectivity index (χ1) is 7.76. The summed E-state index contributed by atoms with van der Waals surface area (Å²) >= 11 is 6.84. The lowest BCUT2D eigenvalue weighted by molar-refractivity contribution is 0.147. The number of alkyl halides is 1. The highest BCUT2D eigenvalue weighted by Crippen LogP contribution is 2.09. The van der Waals surface area contributed by atoms with Gasteiger partial charge in [-0.15, -0.1) is 0 Å². The topological polar surface area (TPSA) is 25.4 Å².